The quantitative estimate of drug-likeness (QED) is 0.339. The number of benzene rings is 2. The Labute approximate surface area is 205 Å². The molecule has 0 amide bonds. The van der Waals surface area contributed by atoms with Crippen LogP contribution in [0.2, 0.25) is 5.02 Å². The third-order valence-corrected chi connectivity index (χ3v) is 5.69. The van der Waals surface area contributed by atoms with Gasteiger partial charge in [-0.1, -0.05) is 24.9 Å². The van der Waals surface area contributed by atoms with Gasteiger partial charge in [0.15, 0.2) is 6.10 Å². The van der Waals surface area contributed by atoms with Crippen LogP contribution in [-0.4, -0.2) is 29.1 Å². The predicted octanol–water partition coefficient (Wildman–Crippen LogP) is 6.34. The van der Waals surface area contributed by atoms with Crippen molar-refractivity contribution in [1.29, 1.82) is 10.5 Å². The van der Waals surface area contributed by atoms with E-state index >= 15 is 0 Å². The number of hydrogen-bond donors (Lipinski definition) is 1. The second kappa shape index (κ2) is 11.2. The maximum Gasteiger partial charge on any atom is 0.417 e. The van der Waals surface area contributed by atoms with Crippen LogP contribution in [0.1, 0.15) is 48.4 Å². The summed E-state index contributed by atoms with van der Waals surface area (Å²) in [5.74, 6) is -0.358. The lowest BCUT2D eigenvalue weighted by Crippen LogP contribution is -2.41. The van der Waals surface area contributed by atoms with E-state index in [0.717, 1.165) is 0 Å². The van der Waals surface area contributed by atoms with E-state index < -0.39 is 18.3 Å². The highest BCUT2D eigenvalue weighted by Crippen LogP contribution is 2.37. The van der Waals surface area contributed by atoms with Gasteiger partial charge in [-0.3, -0.25) is 0 Å². The van der Waals surface area contributed by atoms with Gasteiger partial charge in [-0.15, -0.1) is 10.2 Å². The van der Waals surface area contributed by atoms with Crippen molar-refractivity contribution in [3.05, 3.63) is 64.0 Å². The van der Waals surface area contributed by atoms with Crippen molar-refractivity contribution in [2.75, 3.05) is 11.9 Å². The van der Waals surface area contributed by atoms with Crippen LogP contribution in [0, 0.1) is 29.6 Å². The van der Waals surface area contributed by atoms with Gasteiger partial charge >= 0.3 is 6.18 Å². The fourth-order valence-corrected chi connectivity index (χ4v) is 3.47. The highest BCUT2D eigenvalue weighted by Gasteiger charge is 2.49. The monoisotopic (exact) mass is 503 g/mol. The normalized spacial score (nSPS) is 13.0. The van der Waals surface area contributed by atoms with E-state index in [4.69, 9.17) is 26.0 Å². The lowest BCUT2D eigenvalue weighted by atomic mass is 10.1. The second-order valence-electron chi connectivity index (χ2n) is 7.65. The average molecular weight is 504 g/mol. The van der Waals surface area contributed by atoms with Crippen molar-refractivity contribution in [2.45, 2.75) is 45.0 Å². The molecule has 35 heavy (non-hydrogen) atoms. The minimum Gasteiger partial charge on any atom is -0.418 e. The molecule has 1 aromatic heterocycles. The average Bonchev–Trinajstić information content (AvgIpc) is 3.33. The minimum atomic E-state index is -4.77. The molecule has 3 aromatic rings. The minimum absolute atomic E-state index is 0.0136. The molecule has 0 unspecified atom stereocenters. The number of alkyl halides is 3. The van der Waals surface area contributed by atoms with Crippen molar-refractivity contribution >= 4 is 17.3 Å². The molecule has 0 aliphatic carbocycles. The summed E-state index contributed by atoms with van der Waals surface area (Å²) in [5.41, 5.74) is 1.68. The van der Waals surface area contributed by atoms with E-state index in [1.165, 1.54) is 24.3 Å². The summed E-state index contributed by atoms with van der Waals surface area (Å²) < 4.78 is 53.3. The zero-order valence-corrected chi connectivity index (χ0v) is 19.6. The van der Waals surface area contributed by atoms with E-state index in [9.17, 15) is 18.4 Å². The van der Waals surface area contributed by atoms with Crippen molar-refractivity contribution in [3.63, 3.8) is 0 Å². The summed E-state index contributed by atoms with van der Waals surface area (Å²) in [7, 11) is 0. The van der Waals surface area contributed by atoms with Gasteiger partial charge in [0.2, 0.25) is 11.8 Å². The molecule has 0 fully saturated rings. The first kappa shape index (κ1) is 26.0. The molecular weight excluding hydrogens is 483 g/mol. The summed E-state index contributed by atoms with van der Waals surface area (Å²) in [6.45, 7) is 3.30. The van der Waals surface area contributed by atoms with Gasteiger partial charge in [0.05, 0.1) is 22.2 Å². The largest absolute Gasteiger partial charge is 0.418 e. The summed E-state index contributed by atoms with van der Waals surface area (Å²) >= 11 is 6.22. The van der Waals surface area contributed by atoms with E-state index in [2.05, 4.69) is 15.5 Å². The molecule has 0 aliphatic heterocycles. The van der Waals surface area contributed by atoms with Gasteiger partial charge < -0.3 is 14.5 Å². The van der Waals surface area contributed by atoms with E-state index in [1.807, 2.05) is 19.1 Å². The number of nitriles is 2. The molecule has 1 heterocycles. The van der Waals surface area contributed by atoms with Gasteiger partial charge in [-0.25, -0.2) is 0 Å². The molecule has 182 valence electrons. The second-order valence-corrected chi connectivity index (χ2v) is 8.03. The summed E-state index contributed by atoms with van der Waals surface area (Å²) in [6.07, 6.45) is -5.99. The number of anilines is 1. The highest BCUT2D eigenvalue weighted by atomic mass is 35.5. The van der Waals surface area contributed by atoms with Crippen molar-refractivity contribution in [2.24, 2.45) is 0 Å². The first-order valence-corrected chi connectivity index (χ1v) is 11.0. The predicted molar refractivity (Wildman–Crippen MR) is 122 cm³/mol. The molecule has 0 radical (unpaired) electrons. The summed E-state index contributed by atoms with van der Waals surface area (Å²) in [4.78, 5) is 0. The fraction of sp³-hybridized carbons (Fsp3) is 0.333. The summed E-state index contributed by atoms with van der Waals surface area (Å²) in [5, 5.41) is 28.8. The topological polar surface area (TPSA) is 108 Å². The van der Waals surface area contributed by atoms with E-state index in [-0.39, 0.29) is 34.7 Å². The Hall–Kier alpha value is -3.60. The molecule has 0 aliphatic rings. The molecule has 1 N–H and O–H groups in total. The number of hydrogen-bond acceptors (Lipinski definition) is 7. The number of aromatic nitrogens is 2. The number of ether oxygens (including phenoxy) is 1. The Morgan fingerprint density at radius 2 is 1.83 bits per heavy atom. The van der Waals surface area contributed by atoms with Crippen LogP contribution in [0.4, 0.5) is 18.9 Å². The molecule has 0 saturated heterocycles. The van der Waals surface area contributed by atoms with Crippen LogP contribution in [-0.2, 0) is 4.74 Å². The van der Waals surface area contributed by atoms with Crippen LogP contribution < -0.4 is 5.32 Å². The zero-order valence-electron chi connectivity index (χ0n) is 18.9. The third kappa shape index (κ3) is 6.10. The molecule has 3 rings (SSSR count). The van der Waals surface area contributed by atoms with Gasteiger partial charge in [-0.05, 0) is 55.3 Å². The maximum absolute atomic E-state index is 14.1. The Bertz CT molecular complexity index is 1250. The Morgan fingerprint density at radius 3 is 2.43 bits per heavy atom. The van der Waals surface area contributed by atoms with Crippen LogP contribution in [0.25, 0.3) is 11.5 Å². The molecule has 2 aromatic carbocycles. The maximum atomic E-state index is 14.1. The molecule has 7 nitrogen and oxygen atoms in total. The first-order chi connectivity index (χ1) is 16.7. The molecule has 0 spiro atoms. The zero-order chi connectivity index (χ0) is 25.6. The van der Waals surface area contributed by atoms with Crippen molar-refractivity contribution in [3.8, 4) is 23.6 Å². The highest BCUT2D eigenvalue weighted by molar-refractivity contribution is 6.32. The summed E-state index contributed by atoms with van der Waals surface area (Å²) in [6, 6.07) is 11.4. The van der Waals surface area contributed by atoms with Crippen LogP contribution in [0.5, 0.6) is 0 Å². The first-order valence-electron chi connectivity index (χ1n) is 10.7. The molecule has 0 bridgehead atoms. The molecule has 2 atom stereocenters. The standard InChI is InChI=1S/C24H21ClF3N5O2/c1-3-4-11-34-21(24(26,27)28)20(31-18-10-9-17(13-30)19(25)14(18)2)23-33-32-22(35-23)16-7-5-15(12-29)6-8-16/h5-10,20-21,31H,3-4,11H2,1-2H3/t20-,21+/m1/s1. The molecular formula is C24H21ClF3N5O2. The number of nitrogens with one attached hydrogen (secondary N) is 1. The van der Waals surface area contributed by atoms with Gasteiger partial charge in [-0.2, -0.15) is 23.7 Å². The van der Waals surface area contributed by atoms with Gasteiger partial charge in [0.25, 0.3) is 0 Å². The fourth-order valence-electron chi connectivity index (χ4n) is 3.26. The van der Waals surface area contributed by atoms with Crippen LogP contribution >= 0.6 is 11.6 Å². The number of unbranched alkanes of at least 4 members (excludes halogenated alkanes) is 1. The van der Waals surface area contributed by atoms with Crippen LogP contribution in [0.15, 0.2) is 40.8 Å². The van der Waals surface area contributed by atoms with Crippen LogP contribution in [0.3, 0.4) is 0 Å². The SMILES string of the molecule is CCCCO[C@@H]([C@@H](Nc1ccc(C#N)c(Cl)c1C)c1nnc(-c2ccc(C#N)cc2)o1)C(F)(F)F. The van der Waals surface area contributed by atoms with Crippen molar-refractivity contribution < 1.29 is 22.3 Å². The van der Waals surface area contributed by atoms with Crippen molar-refractivity contribution in [1.82, 2.24) is 10.2 Å². The van der Waals surface area contributed by atoms with Gasteiger partial charge in [0.1, 0.15) is 12.1 Å². The molecule has 0 saturated carbocycles. The smallest absolute Gasteiger partial charge is 0.417 e. The number of halogens is 4. The Kier molecular flexibility index (Phi) is 8.34. The van der Waals surface area contributed by atoms with Gasteiger partial charge in [0, 0.05) is 17.9 Å². The lowest BCUT2D eigenvalue weighted by Gasteiger charge is -2.29. The third-order valence-electron chi connectivity index (χ3n) is 5.21. The Morgan fingerprint density at radius 1 is 1.11 bits per heavy atom. The number of nitrogens with zero attached hydrogens (tertiary/aromatic N) is 4. The lowest BCUT2D eigenvalue weighted by molar-refractivity contribution is -0.227. The molecule has 11 heteroatoms. The Balaban J connectivity index is 2.04. The number of rotatable bonds is 9. The van der Waals surface area contributed by atoms with E-state index in [0.29, 0.717) is 29.5 Å². The van der Waals surface area contributed by atoms with E-state index in [1.54, 1.807) is 19.1 Å².